The van der Waals surface area contributed by atoms with Crippen molar-refractivity contribution in [3.05, 3.63) is 0 Å². The second-order valence-electron chi connectivity index (χ2n) is 6.39. The van der Waals surface area contributed by atoms with Gasteiger partial charge in [-0.1, -0.05) is 6.92 Å². The van der Waals surface area contributed by atoms with Crippen LogP contribution in [0.4, 0.5) is 0 Å². The van der Waals surface area contributed by atoms with Crippen molar-refractivity contribution in [1.29, 1.82) is 0 Å². The fourth-order valence-corrected chi connectivity index (χ4v) is 3.51. The van der Waals surface area contributed by atoms with Crippen LogP contribution in [-0.4, -0.2) is 63.0 Å². The number of ether oxygens (including phenoxy) is 2. The third-order valence-electron chi connectivity index (χ3n) is 4.21. The molecule has 0 spiro atoms. The minimum Gasteiger partial charge on any atom is -0.381 e. The first-order valence-corrected chi connectivity index (χ1v) is 7.80. The topological polar surface area (TPSA) is 33.7 Å². The van der Waals surface area contributed by atoms with Crippen LogP contribution in [0.25, 0.3) is 0 Å². The summed E-state index contributed by atoms with van der Waals surface area (Å²) in [4.78, 5) is 2.57. The normalized spacial score (nSPS) is 37.4. The molecule has 0 aromatic carbocycles. The van der Waals surface area contributed by atoms with Crippen molar-refractivity contribution in [2.75, 3.05) is 45.9 Å². The van der Waals surface area contributed by atoms with E-state index in [1.807, 2.05) is 0 Å². The monoisotopic (exact) mass is 270 g/mol. The van der Waals surface area contributed by atoms with Crippen LogP contribution < -0.4 is 5.32 Å². The largest absolute Gasteiger partial charge is 0.381 e. The van der Waals surface area contributed by atoms with E-state index in [9.17, 15) is 0 Å². The average Bonchev–Trinajstić information content (AvgIpc) is 2.36. The minimum absolute atomic E-state index is 0.297. The van der Waals surface area contributed by atoms with Gasteiger partial charge in [0.2, 0.25) is 0 Å². The molecule has 3 atom stereocenters. The Kier molecular flexibility index (Phi) is 5.63. The highest BCUT2D eigenvalue weighted by Crippen LogP contribution is 2.30. The Bertz CT molecular complexity index is 257. The number of hydrogen-bond donors (Lipinski definition) is 1. The van der Waals surface area contributed by atoms with Gasteiger partial charge in [-0.15, -0.1) is 0 Å². The average molecular weight is 270 g/mol. The first-order valence-electron chi connectivity index (χ1n) is 7.80. The van der Waals surface area contributed by atoms with E-state index in [4.69, 9.17) is 9.47 Å². The van der Waals surface area contributed by atoms with Gasteiger partial charge < -0.3 is 14.8 Å². The summed E-state index contributed by atoms with van der Waals surface area (Å²) >= 11 is 0. The Morgan fingerprint density at radius 2 is 2.00 bits per heavy atom. The van der Waals surface area contributed by atoms with E-state index in [0.717, 1.165) is 45.9 Å². The molecule has 2 aliphatic rings. The number of nitrogens with zero attached hydrogens (tertiary/aromatic N) is 1. The molecule has 4 nitrogen and oxygen atoms in total. The van der Waals surface area contributed by atoms with Crippen LogP contribution in [0.3, 0.4) is 0 Å². The van der Waals surface area contributed by atoms with Gasteiger partial charge in [0.1, 0.15) is 0 Å². The molecule has 0 aliphatic carbocycles. The number of morpholine rings is 1. The lowest BCUT2D eigenvalue weighted by Crippen LogP contribution is -2.54. The molecule has 0 aromatic rings. The van der Waals surface area contributed by atoms with E-state index in [0.29, 0.717) is 17.6 Å². The quantitative estimate of drug-likeness (QED) is 0.821. The highest BCUT2D eigenvalue weighted by molar-refractivity contribution is 4.89. The van der Waals surface area contributed by atoms with Gasteiger partial charge in [-0.2, -0.15) is 0 Å². The predicted molar refractivity (Wildman–Crippen MR) is 77.5 cm³/mol. The Hall–Kier alpha value is -0.160. The number of hydrogen-bond acceptors (Lipinski definition) is 4. The minimum atomic E-state index is 0.297. The summed E-state index contributed by atoms with van der Waals surface area (Å²) < 4.78 is 11.6. The van der Waals surface area contributed by atoms with E-state index in [1.165, 1.54) is 12.8 Å². The van der Waals surface area contributed by atoms with Crippen molar-refractivity contribution in [3.63, 3.8) is 0 Å². The second-order valence-corrected chi connectivity index (χ2v) is 6.39. The third kappa shape index (κ3) is 4.42. The van der Waals surface area contributed by atoms with Crippen LogP contribution in [-0.2, 0) is 9.47 Å². The molecule has 0 bridgehead atoms. The van der Waals surface area contributed by atoms with Gasteiger partial charge in [0.25, 0.3) is 0 Å². The summed E-state index contributed by atoms with van der Waals surface area (Å²) in [6.45, 7) is 13.7. The molecule has 0 aromatic heterocycles. The smallest absolute Gasteiger partial charge is 0.0678 e. The van der Waals surface area contributed by atoms with Crippen molar-refractivity contribution in [3.8, 4) is 0 Å². The van der Waals surface area contributed by atoms with Crippen molar-refractivity contribution >= 4 is 0 Å². The van der Waals surface area contributed by atoms with Gasteiger partial charge in [0, 0.05) is 38.2 Å². The Labute approximate surface area is 117 Å². The van der Waals surface area contributed by atoms with Crippen molar-refractivity contribution in [2.45, 2.75) is 45.8 Å². The van der Waals surface area contributed by atoms with E-state index in [-0.39, 0.29) is 0 Å². The molecule has 2 rings (SSSR count). The van der Waals surface area contributed by atoms with Gasteiger partial charge in [-0.25, -0.2) is 0 Å². The first kappa shape index (κ1) is 15.2. The first-order chi connectivity index (χ1) is 9.13. The molecular formula is C15H30N2O2. The second kappa shape index (κ2) is 7.02. The summed E-state index contributed by atoms with van der Waals surface area (Å²) in [5, 5.41) is 3.53. The molecular weight excluding hydrogens is 240 g/mol. The molecule has 2 heterocycles. The van der Waals surface area contributed by atoms with Gasteiger partial charge in [-0.05, 0) is 33.2 Å². The molecule has 19 heavy (non-hydrogen) atoms. The van der Waals surface area contributed by atoms with Crippen LogP contribution in [0.2, 0.25) is 0 Å². The highest BCUT2D eigenvalue weighted by Gasteiger charge is 2.36. The summed E-state index contributed by atoms with van der Waals surface area (Å²) in [6.07, 6.45) is 3.18. The Morgan fingerprint density at radius 3 is 2.58 bits per heavy atom. The van der Waals surface area contributed by atoms with Crippen molar-refractivity contribution in [2.24, 2.45) is 5.41 Å². The van der Waals surface area contributed by atoms with Crippen molar-refractivity contribution < 1.29 is 9.47 Å². The fourth-order valence-electron chi connectivity index (χ4n) is 3.51. The molecule has 0 radical (unpaired) electrons. The van der Waals surface area contributed by atoms with Crippen LogP contribution in [0.1, 0.15) is 33.6 Å². The van der Waals surface area contributed by atoms with Gasteiger partial charge in [-0.3, -0.25) is 4.90 Å². The lowest BCUT2D eigenvalue weighted by atomic mass is 9.81. The molecule has 2 aliphatic heterocycles. The summed E-state index contributed by atoms with van der Waals surface area (Å²) in [7, 11) is 0. The molecule has 2 fully saturated rings. The summed E-state index contributed by atoms with van der Waals surface area (Å²) in [6, 6.07) is 0. The van der Waals surface area contributed by atoms with Gasteiger partial charge >= 0.3 is 0 Å². The van der Waals surface area contributed by atoms with Crippen LogP contribution >= 0.6 is 0 Å². The summed E-state index contributed by atoms with van der Waals surface area (Å²) in [5.74, 6) is 0. The highest BCUT2D eigenvalue weighted by atomic mass is 16.5. The molecule has 0 amide bonds. The summed E-state index contributed by atoms with van der Waals surface area (Å²) in [5.41, 5.74) is 0.297. The molecule has 112 valence electrons. The fraction of sp³-hybridized carbons (Fsp3) is 1.00. The van der Waals surface area contributed by atoms with Gasteiger partial charge in [0.05, 0.1) is 18.8 Å². The van der Waals surface area contributed by atoms with Crippen LogP contribution in [0.5, 0.6) is 0 Å². The van der Waals surface area contributed by atoms with E-state index < -0.39 is 0 Å². The van der Waals surface area contributed by atoms with E-state index >= 15 is 0 Å². The lowest BCUT2D eigenvalue weighted by molar-refractivity contribution is -0.0930. The van der Waals surface area contributed by atoms with Crippen molar-refractivity contribution in [1.82, 2.24) is 10.2 Å². The molecule has 3 unspecified atom stereocenters. The zero-order chi connectivity index (χ0) is 13.7. The van der Waals surface area contributed by atoms with E-state index in [2.05, 4.69) is 31.0 Å². The Balaban J connectivity index is 1.94. The van der Waals surface area contributed by atoms with Crippen LogP contribution in [0, 0.1) is 5.41 Å². The molecule has 1 N–H and O–H groups in total. The molecule has 2 saturated heterocycles. The van der Waals surface area contributed by atoms with E-state index in [1.54, 1.807) is 0 Å². The molecule has 0 saturated carbocycles. The number of rotatable bonds is 5. The maximum absolute atomic E-state index is 5.83. The zero-order valence-corrected chi connectivity index (χ0v) is 12.8. The maximum Gasteiger partial charge on any atom is 0.0678 e. The lowest BCUT2D eigenvalue weighted by Gasteiger charge is -2.44. The van der Waals surface area contributed by atoms with Crippen LogP contribution in [0.15, 0.2) is 0 Å². The van der Waals surface area contributed by atoms with Gasteiger partial charge in [0.15, 0.2) is 0 Å². The predicted octanol–water partition coefficient (Wildman–Crippen LogP) is 1.50. The standard InChI is InChI=1S/C15H30N2O2/c1-4-16-10-15(6-5-7-18-12-15)11-17-8-13(2)19-14(3)9-17/h13-14,16H,4-12H2,1-3H3. The maximum atomic E-state index is 5.83. The third-order valence-corrected chi connectivity index (χ3v) is 4.21. The number of nitrogens with one attached hydrogen (secondary N) is 1. The molecule has 4 heteroatoms. The Morgan fingerprint density at radius 1 is 1.26 bits per heavy atom. The zero-order valence-electron chi connectivity index (χ0n) is 12.8. The SMILES string of the molecule is CCNCC1(CN2CC(C)OC(C)C2)CCCOC1.